The topological polar surface area (TPSA) is 71.4 Å². The summed E-state index contributed by atoms with van der Waals surface area (Å²) >= 11 is 0. The summed E-state index contributed by atoms with van der Waals surface area (Å²) in [6.07, 6.45) is 3.50. The van der Waals surface area contributed by atoms with E-state index in [-0.39, 0.29) is 12.1 Å². The molecular formula is C15H27N5O2. The summed E-state index contributed by atoms with van der Waals surface area (Å²) in [5, 5.41) is 9.76. The molecule has 22 heavy (non-hydrogen) atoms. The van der Waals surface area contributed by atoms with Crippen LogP contribution in [0.15, 0.2) is 12.4 Å². The first-order chi connectivity index (χ1) is 10.6. The molecule has 0 spiro atoms. The Labute approximate surface area is 132 Å². The molecule has 1 atom stereocenters. The molecule has 124 valence electrons. The number of morpholine rings is 1. The normalized spacial score (nSPS) is 19.4. The van der Waals surface area contributed by atoms with Crippen molar-refractivity contribution >= 4 is 11.7 Å². The van der Waals surface area contributed by atoms with Crippen LogP contribution in [0.25, 0.3) is 0 Å². The Kier molecular flexibility index (Phi) is 6.21. The van der Waals surface area contributed by atoms with Gasteiger partial charge in [-0.05, 0) is 12.8 Å². The highest BCUT2D eigenvalue weighted by molar-refractivity contribution is 5.88. The standard InChI is InChI=1S/C15H27N5O2/c1-4-20-10-13(7-17-20)18-15(21)16-8-14-11-19(5-6-22-14)9-12(2)3/h7,10,12,14H,4-6,8-9,11H2,1-3H3,(H2,16,18,21). The largest absolute Gasteiger partial charge is 0.374 e. The van der Waals surface area contributed by atoms with Crippen LogP contribution in [0.4, 0.5) is 10.5 Å². The number of anilines is 1. The Balaban J connectivity index is 1.71. The predicted molar refractivity (Wildman–Crippen MR) is 85.9 cm³/mol. The van der Waals surface area contributed by atoms with Crippen LogP contribution in [0.2, 0.25) is 0 Å². The van der Waals surface area contributed by atoms with E-state index in [1.807, 2.05) is 6.92 Å². The zero-order valence-electron chi connectivity index (χ0n) is 13.7. The van der Waals surface area contributed by atoms with Crippen LogP contribution in [-0.2, 0) is 11.3 Å². The van der Waals surface area contributed by atoms with Crippen LogP contribution < -0.4 is 10.6 Å². The van der Waals surface area contributed by atoms with Gasteiger partial charge in [0.25, 0.3) is 0 Å². The fraction of sp³-hybridized carbons (Fsp3) is 0.733. The number of carbonyl (C=O) groups is 1. The lowest BCUT2D eigenvalue weighted by Gasteiger charge is -2.33. The monoisotopic (exact) mass is 309 g/mol. The first-order valence-corrected chi connectivity index (χ1v) is 7.98. The molecule has 7 nitrogen and oxygen atoms in total. The van der Waals surface area contributed by atoms with E-state index in [9.17, 15) is 4.79 Å². The fourth-order valence-electron chi connectivity index (χ4n) is 2.57. The summed E-state index contributed by atoms with van der Waals surface area (Å²) in [7, 11) is 0. The zero-order valence-corrected chi connectivity index (χ0v) is 13.7. The highest BCUT2D eigenvalue weighted by atomic mass is 16.5. The van der Waals surface area contributed by atoms with Gasteiger partial charge in [0.1, 0.15) is 0 Å². The molecule has 0 saturated carbocycles. The first-order valence-electron chi connectivity index (χ1n) is 7.98. The highest BCUT2D eigenvalue weighted by Gasteiger charge is 2.21. The second-order valence-corrected chi connectivity index (χ2v) is 6.07. The van der Waals surface area contributed by atoms with Crippen molar-refractivity contribution in [2.45, 2.75) is 33.4 Å². The number of carbonyl (C=O) groups excluding carboxylic acids is 1. The molecule has 0 aliphatic carbocycles. The SMILES string of the molecule is CCn1cc(NC(=O)NCC2CN(CC(C)C)CCO2)cn1. The number of hydrogen-bond donors (Lipinski definition) is 2. The summed E-state index contributed by atoms with van der Waals surface area (Å²) in [6.45, 7) is 11.4. The average Bonchev–Trinajstić information content (AvgIpc) is 2.92. The van der Waals surface area contributed by atoms with Gasteiger partial charge in [0.05, 0.1) is 24.6 Å². The van der Waals surface area contributed by atoms with Crippen LogP contribution in [0.5, 0.6) is 0 Å². The minimum absolute atomic E-state index is 0.0524. The van der Waals surface area contributed by atoms with E-state index in [4.69, 9.17) is 4.74 Å². The average molecular weight is 309 g/mol. The predicted octanol–water partition coefficient (Wildman–Crippen LogP) is 1.38. The van der Waals surface area contributed by atoms with Gasteiger partial charge >= 0.3 is 6.03 Å². The Morgan fingerprint density at radius 3 is 3.05 bits per heavy atom. The molecule has 2 heterocycles. The van der Waals surface area contributed by atoms with Gasteiger partial charge in [0, 0.05) is 38.9 Å². The first kappa shape index (κ1) is 16.8. The molecule has 1 aromatic heterocycles. The molecule has 0 radical (unpaired) electrons. The number of aryl methyl sites for hydroxylation is 1. The maximum absolute atomic E-state index is 11.9. The van der Waals surface area contributed by atoms with Gasteiger partial charge in [0.15, 0.2) is 0 Å². The van der Waals surface area contributed by atoms with Crippen molar-refractivity contribution in [3.63, 3.8) is 0 Å². The molecule has 2 rings (SSSR count). The Morgan fingerprint density at radius 1 is 1.55 bits per heavy atom. The summed E-state index contributed by atoms with van der Waals surface area (Å²) in [4.78, 5) is 14.3. The van der Waals surface area contributed by atoms with Gasteiger partial charge in [-0.2, -0.15) is 5.10 Å². The van der Waals surface area contributed by atoms with Gasteiger partial charge in [-0.15, -0.1) is 0 Å². The van der Waals surface area contributed by atoms with E-state index in [0.717, 1.165) is 32.8 Å². The zero-order chi connectivity index (χ0) is 15.9. The lowest BCUT2D eigenvalue weighted by atomic mass is 10.2. The maximum Gasteiger partial charge on any atom is 0.319 e. The van der Waals surface area contributed by atoms with Gasteiger partial charge in [0.2, 0.25) is 0 Å². The summed E-state index contributed by atoms with van der Waals surface area (Å²) in [6, 6.07) is -0.222. The lowest BCUT2D eigenvalue weighted by Crippen LogP contribution is -2.48. The Bertz CT molecular complexity index is 474. The molecule has 1 unspecified atom stereocenters. The van der Waals surface area contributed by atoms with Crippen LogP contribution in [-0.4, -0.2) is 59.6 Å². The number of rotatable bonds is 6. The maximum atomic E-state index is 11.9. The Hall–Kier alpha value is -1.60. The van der Waals surface area contributed by atoms with Crippen molar-refractivity contribution in [1.29, 1.82) is 0 Å². The minimum atomic E-state index is -0.222. The third kappa shape index (κ3) is 5.31. The molecule has 1 aliphatic heterocycles. The van der Waals surface area contributed by atoms with Gasteiger partial charge in [-0.3, -0.25) is 9.58 Å². The van der Waals surface area contributed by atoms with Crippen LogP contribution in [0.1, 0.15) is 20.8 Å². The van der Waals surface area contributed by atoms with Crippen LogP contribution in [0, 0.1) is 5.92 Å². The second kappa shape index (κ2) is 8.14. The van der Waals surface area contributed by atoms with E-state index in [1.54, 1.807) is 17.1 Å². The number of amides is 2. The number of aromatic nitrogens is 2. The van der Waals surface area contributed by atoms with Gasteiger partial charge in [-0.25, -0.2) is 4.79 Å². The second-order valence-electron chi connectivity index (χ2n) is 6.07. The van der Waals surface area contributed by atoms with Crippen LogP contribution in [0.3, 0.4) is 0 Å². The van der Waals surface area contributed by atoms with E-state index >= 15 is 0 Å². The number of ether oxygens (including phenoxy) is 1. The third-order valence-corrected chi connectivity index (χ3v) is 3.55. The summed E-state index contributed by atoms with van der Waals surface area (Å²) < 4.78 is 7.48. The van der Waals surface area contributed by atoms with E-state index in [0.29, 0.717) is 18.2 Å². The van der Waals surface area contributed by atoms with E-state index in [1.165, 1.54) is 0 Å². The van der Waals surface area contributed by atoms with Crippen molar-refractivity contribution in [2.24, 2.45) is 5.92 Å². The fourth-order valence-corrected chi connectivity index (χ4v) is 2.57. The minimum Gasteiger partial charge on any atom is -0.374 e. The Morgan fingerprint density at radius 2 is 2.36 bits per heavy atom. The molecule has 0 aromatic carbocycles. The molecular weight excluding hydrogens is 282 g/mol. The quantitative estimate of drug-likeness (QED) is 0.833. The third-order valence-electron chi connectivity index (χ3n) is 3.55. The lowest BCUT2D eigenvalue weighted by molar-refractivity contribution is -0.0288. The highest BCUT2D eigenvalue weighted by Crippen LogP contribution is 2.08. The molecule has 2 N–H and O–H groups in total. The van der Waals surface area contributed by atoms with Crippen LogP contribution >= 0.6 is 0 Å². The summed E-state index contributed by atoms with van der Waals surface area (Å²) in [5.41, 5.74) is 0.699. The molecule has 1 saturated heterocycles. The number of nitrogens with zero attached hydrogens (tertiary/aromatic N) is 3. The number of hydrogen-bond acceptors (Lipinski definition) is 4. The number of nitrogens with one attached hydrogen (secondary N) is 2. The van der Waals surface area contributed by atoms with E-state index in [2.05, 4.69) is 34.5 Å². The van der Waals surface area contributed by atoms with Crippen molar-refractivity contribution in [3.05, 3.63) is 12.4 Å². The van der Waals surface area contributed by atoms with Gasteiger partial charge in [-0.1, -0.05) is 13.8 Å². The smallest absolute Gasteiger partial charge is 0.319 e. The molecule has 7 heteroatoms. The molecule has 1 aromatic rings. The molecule has 0 bridgehead atoms. The molecule has 2 amide bonds. The van der Waals surface area contributed by atoms with E-state index < -0.39 is 0 Å². The van der Waals surface area contributed by atoms with Crippen molar-refractivity contribution < 1.29 is 9.53 Å². The van der Waals surface area contributed by atoms with Crippen molar-refractivity contribution in [2.75, 3.05) is 38.1 Å². The van der Waals surface area contributed by atoms with Gasteiger partial charge < -0.3 is 15.4 Å². The summed E-state index contributed by atoms with van der Waals surface area (Å²) in [5.74, 6) is 0.644. The van der Waals surface area contributed by atoms with Crippen molar-refractivity contribution in [3.8, 4) is 0 Å². The van der Waals surface area contributed by atoms with Crippen molar-refractivity contribution in [1.82, 2.24) is 20.0 Å². The molecule has 1 fully saturated rings. The molecule has 1 aliphatic rings. The number of urea groups is 1.